The Morgan fingerprint density at radius 1 is 1.45 bits per heavy atom. The van der Waals surface area contributed by atoms with E-state index in [0.717, 1.165) is 24.3 Å². The highest BCUT2D eigenvalue weighted by molar-refractivity contribution is 7.11. The summed E-state index contributed by atoms with van der Waals surface area (Å²) in [6.45, 7) is 3.70. The van der Waals surface area contributed by atoms with Gasteiger partial charge in [-0.15, -0.1) is 11.3 Å². The number of aryl methyl sites for hydroxylation is 1. The summed E-state index contributed by atoms with van der Waals surface area (Å²) in [6.07, 6.45) is 1.89. The summed E-state index contributed by atoms with van der Waals surface area (Å²) in [7, 11) is 0. The lowest BCUT2D eigenvalue weighted by molar-refractivity contribution is -0.130. The lowest BCUT2D eigenvalue weighted by atomic mass is 9.94. The van der Waals surface area contributed by atoms with E-state index in [2.05, 4.69) is 5.32 Å². The summed E-state index contributed by atoms with van der Waals surface area (Å²) in [5, 5.41) is 2.81. The maximum atomic E-state index is 12.4. The van der Waals surface area contributed by atoms with Crippen molar-refractivity contribution in [1.82, 2.24) is 10.2 Å². The second-order valence-corrected chi connectivity index (χ2v) is 6.71. The number of imide groups is 1. The highest BCUT2D eigenvalue weighted by atomic mass is 32.1. The minimum Gasteiger partial charge on any atom is -0.381 e. The normalized spacial score (nSPS) is 26.9. The molecule has 0 radical (unpaired) electrons. The largest absolute Gasteiger partial charge is 0.381 e. The van der Waals surface area contributed by atoms with Gasteiger partial charge in [0.15, 0.2) is 0 Å². The third-order valence-corrected chi connectivity index (χ3v) is 4.82. The third kappa shape index (κ3) is 2.58. The fourth-order valence-corrected chi connectivity index (χ4v) is 3.64. The maximum absolute atomic E-state index is 12.4. The van der Waals surface area contributed by atoms with Gasteiger partial charge in [0.2, 0.25) is 0 Å². The van der Waals surface area contributed by atoms with Gasteiger partial charge < -0.3 is 10.1 Å². The first-order valence-electron chi connectivity index (χ1n) is 6.90. The van der Waals surface area contributed by atoms with Crippen LogP contribution in [0.2, 0.25) is 0 Å². The number of hydrogen-bond donors (Lipinski definition) is 1. The van der Waals surface area contributed by atoms with E-state index in [4.69, 9.17) is 4.74 Å². The van der Waals surface area contributed by atoms with E-state index in [1.54, 1.807) is 11.3 Å². The van der Waals surface area contributed by atoms with Crippen LogP contribution < -0.4 is 5.32 Å². The van der Waals surface area contributed by atoms with Crippen LogP contribution >= 0.6 is 11.3 Å². The number of rotatable bonds is 3. The first-order valence-corrected chi connectivity index (χ1v) is 7.72. The Hall–Kier alpha value is -1.40. The van der Waals surface area contributed by atoms with Crippen molar-refractivity contribution in [2.24, 2.45) is 5.92 Å². The molecule has 20 heavy (non-hydrogen) atoms. The molecule has 3 amide bonds. The molecule has 0 bridgehead atoms. The number of thiophene rings is 1. The van der Waals surface area contributed by atoms with Crippen molar-refractivity contribution >= 4 is 23.3 Å². The molecule has 3 heterocycles. The molecule has 1 aromatic heterocycles. The van der Waals surface area contributed by atoms with Crippen LogP contribution in [0.3, 0.4) is 0 Å². The van der Waals surface area contributed by atoms with Crippen molar-refractivity contribution in [3.05, 3.63) is 21.9 Å². The molecule has 6 heteroatoms. The Balaban J connectivity index is 1.69. The molecule has 0 aliphatic carbocycles. The number of carbonyl (C=O) groups excluding carboxylic acids is 2. The minimum absolute atomic E-state index is 0.107. The van der Waals surface area contributed by atoms with Crippen LogP contribution in [0.1, 0.15) is 22.6 Å². The van der Waals surface area contributed by atoms with Crippen LogP contribution in [0.15, 0.2) is 12.1 Å². The van der Waals surface area contributed by atoms with Crippen molar-refractivity contribution in [3.63, 3.8) is 0 Å². The Bertz CT molecular complexity index is 522. The molecule has 2 atom stereocenters. The molecular weight excluding hydrogens is 276 g/mol. The highest BCUT2D eigenvalue weighted by Gasteiger charge is 2.42. The lowest BCUT2D eigenvalue weighted by Gasteiger charge is -2.25. The molecule has 2 aliphatic rings. The Kier molecular flexibility index (Phi) is 3.76. The van der Waals surface area contributed by atoms with Gasteiger partial charge in [0.1, 0.15) is 6.04 Å². The van der Waals surface area contributed by atoms with E-state index in [-0.39, 0.29) is 17.9 Å². The van der Waals surface area contributed by atoms with Crippen molar-refractivity contribution in [2.75, 3.05) is 13.2 Å². The predicted octanol–water partition coefficient (Wildman–Crippen LogP) is 1.90. The standard InChI is InChI=1S/C14H18N2O3S/c1-9-4-5-11(20-9)7-16-13(17)12(15-14(16)18)10-3-2-6-19-8-10/h4-5,10,12H,2-3,6-8H2,1H3,(H,15,18). The molecule has 0 spiro atoms. The van der Waals surface area contributed by atoms with Crippen molar-refractivity contribution in [2.45, 2.75) is 32.4 Å². The van der Waals surface area contributed by atoms with Crippen LogP contribution in [-0.2, 0) is 16.1 Å². The van der Waals surface area contributed by atoms with E-state index in [9.17, 15) is 9.59 Å². The van der Waals surface area contributed by atoms with Crippen LogP contribution in [0, 0.1) is 12.8 Å². The number of ether oxygens (including phenoxy) is 1. The minimum atomic E-state index is -0.413. The summed E-state index contributed by atoms with van der Waals surface area (Å²) in [4.78, 5) is 28.0. The fraction of sp³-hybridized carbons (Fsp3) is 0.571. The van der Waals surface area contributed by atoms with E-state index in [1.807, 2.05) is 19.1 Å². The van der Waals surface area contributed by atoms with Gasteiger partial charge >= 0.3 is 6.03 Å². The summed E-state index contributed by atoms with van der Waals surface area (Å²) in [6, 6.07) is 3.28. The molecule has 1 N–H and O–H groups in total. The van der Waals surface area contributed by atoms with Gasteiger partial charge in [-0.25, -0.2) is 4.79 Å². The summed E-state index contributed by atoms with van der Waals surface area (Å²) >= 11 is 1.62. The van der Waals surface area contributed by atoms with Crippen molar-refractivity contribution in [3.8, 4) is 0 Å². The molecule has 108 valence electrons. The van der Waals surface area contributed by atoms with Crippen LogP contribution in [0.4, 0.5) is 4.79 Å². The smallest absolute Gasteiger partial charge is 0.325 e. The van der Waals surface area contributed by atoms with Crippen molar-refractivity contribution in [1.29, 1.82) is 0 Å². The summed E-state index contributed by atoms with van der Waals surface area (Å²) < 4.78 is 5.41. The maximum Gasteiger partial charge on any atom is 0.325 e. The number of nitrogens with zero attached hydrogens (tertiary/aromatic N) is 1. The molecular formula is C14H18N2O3S. The molecule has 2 aliphatic heterocycles. The molecule has 0 aromatic carbocycles. The molecule has 5 nitrogen and oxygen atoms in total. The van der Waals surface area contributed by atoms with E-state index >= 15 is 0 Å². The van der Waals surface area contributed by atoms with E-state index < -0.39 is 6.04 Å². The van der Waals surface area contributed by atoms with E-state index in [1.165, 1.54) is 9.78 Å². The van der Waals surface area contributed by atoms with Gasteiger partial charge in [0, 0.05) is 22.3 Å². The average molecular weight is 294 g/mol. The molecule has 2 fully saturated rings. The molecule has 2 saturated heterocycles. The number of nitrogens with one attached hydrogen (secondary N) is 1. The topological polar surface area (TPSA) is 58.6 Å². The van der Waals surface area contributed by atoms with Gasteiger partial charge in [-0.1, -0.05) is 0 Å². The van der Waals surface area contributed by atoms with Gasteiger partial charge in [0.25, 0.3) is 5.91 Å². The molecule has 3 rings (SSSR count). The number of carbonyl (C=O) groups is 2. The zero-order valence-electron chi connectivity index (χ0n) is 11.4. The van der Waals surface area contributed by atoms with Crippen molar-refractivity contribution < 1.29 is 14.3 Å². The van der Waals surface area contributed by atoms with Gasteiger partial charge in [-0.05, 0) is 31.9 Å². The first-order chi connectivity index (χ1) is 9.65. The fourth-order valence-electron chi connectivity index (χ4n) is 2.76. The predicted molar refractivity (Wildman–Crippen MR) is 75.5 cm³/mol. The number of amides is 3. The van der Waals surface area contributed by atoms with Gasteiger partial charge in [-0.3, -0.25) is 9.69 Å². The van der Waals surface area contributed by atoms with E-state index in [0.29, 0.717) is 13.2 Å². The first kappa shape index (κ1) is 13.6. The second kappa shape index (κ2) is 5.54. The Morgan fingerprint density at radius 2 is 2.30 bits per heavy atom. The van der Waals surface area contributed by atoms with Gasteiger partial charge in [-0.2, -0.15) is 0 Å². The zero-order valence-corrected chi connectivity index (χ0v) is 12.2. The van der Waals surface area contributed by atoms with Gasteiger partial charge in [0.05, 0.1) is 13.2 Å². The summed E-state index contributed by atoms with van der Waals surface area (Å²) in [5.41, 5.74) is 0. The Labute approximate surface area is 121 Å². The monoisotopic (exact) mass is 294 g/mol. The lowest BCUT2D eigenvalue weighted by Crippen LogP contribution is -2.41. The molecule has 0 saturated carbocycles. The second-order valence-electron chi connectivity index (χ2n) is 5.34. The Morgan fingerprint density at radius 3 is 2.95 bits per heavy atom. The molecule has 2 unspecified atom stereocenters. The number of hydrogen-bond acceptors (Lipinski definition) is 4. The molecule has 1 aromatic rings. The van der Waals surface area contributed by atoms with Crippen LogP contribution in [-0.4, -0.2) is 36.1 Å². The quantitative estimate of drug-likeness (QED) is 0.866. The number of urea groups is 1. The zero-order chi connectivity index (χ0) is 14.1. The summed E-state index contributed by atoms with van der Waals surface area (Å²) in [5.74, 6) is -0.00757. The SMILES string of the molecule is Cc1ccc(CN2C(=O)NC(C3CCCOC3)C2=O)s1. The highest BCUT2D eigenvalue weighted by Crippen LogP contribution is 2.25. The average Bonchev–Trinajstić information content (AvgIpc) is 2.98. The van der Waals surface area contributed by atoms with Crippen LogP contribution in [0.25, 0.3) is 0 Å². The van der Waals surface area contributed by atoms with Crippen LogP contribution in [0.5, 0.6) is 0 Å². The third-order valence-electron chi connectivity index (χ3n) is 3.83.